The molecule has 1 aromatic rings. The van der Waals surface area contributed by atoms with Gasteiger partial charge in [0.2, 0.25) is 0 Å². The van der Waals surface area contributed by atoms with Crippen molar-refractivity contribution in [2.24, 2.45) is 0 Å². The highest BCUT2D eigenvalue weighted by molar-refractivity contribution is 5.87. The molecule has 1 aromatic carbocycles. The molecule has 0 aliphatic heterocycles. The number of benzene rings is 1. The Labute approximate surface area is 278 Å². The Kier molecular flexibility index (Phi) is 48.4. The number of unbranched alkanes of at least 4 members (excludes halogenated alkanes) is 6. The number of hydrogen-bond acceptors (Lipinski definition) is 11. The van der Waals surface area contributed by atoms with Gasteiger partial charge in [-0.05, 0) is 67.0 Å². The van der Waals surface area contributed by atoms with Crippen LogP contribution >= 0.6 is 0 Å². The summed E-state index contributed by atoms with van der Waals surface area (Å²) in [6.07, 6.45) is 7.95. The fourth-order valence-corrected chi connectivity index (χ4v) is 2.77. The Bertz CT molecular complexity index is 757. The van der Waals surface area contributed by atoms with Gasteiger partial charge in [0.1, 0.15) is 5.75 Å². The summed E-state index contributed by atoms with van der Waals surface area (Å²) in [5, 5.41) is 37.8. The molecule has 5 N–H and O–H groups in total. The third-order valence-electron chi connectivity index (χ3n) is 4.60. The highest BCUT2D eigenvalue weighted by atomic mass is 17.2. The van der Waals surface area contributed by atoms with Gasteiger partial charge in [-0.15, -0.1) is 4.89 Å². The van der Waals surface area contributed by atoms with Gasteiger partial charge in [-0.1, -0.05) is 76.8 Å². The molecule has 0 heterocycles. The van der Waals surface area contributed by atoms with Crippen LogP contribution in [0.25, 0.3) is 0 Å². The molecule has 0 spiro atoms. The zero-order chi connectivity index (χ0) is 36.7. The summed E-state index contributed by atoms with van der Waals surface area (Å²) in [5.74, 6) is -2.27. The maximum Gasteiger partial charge on any atom is 0.368 e. The molecule has 0 saturated heterocycles. The summed E-state index contributed by atoms with van der Waals surface area (Å²) in [5.41, 5.74) is 0.437. The first kappa shape index (κ1) is 52.7. The lowest BCUT2D eigenvalue weighted by Crippen LogP contribution is -2.45. The maximum atomic E-state index is 12.0. The van der Waals surface area contributed by atoms with Gasteiger partial charge in [-0.3, -0.25) is 4.89 Å². The molecule has 0 aliphatic carbocycles. The van der Waals surface area contributed by atoms with Crippen molar-refractivity contribution in [2.45, 2.75) is 113 Å². The summed E-state index contributed by atoms with van der Waals surface area (Å²) >= 11 is 0. The molecular formula is C35H66O11. The Morgan fingerprint density at radius 1 is 0.652 bits per heavy atom. The number of carbonyl (C=O) groups excluding carboxylic acids is 2. The molecule has 0 amide bonds. The Morgan fingerprint density at radius 3 is 1.43 bits per heavy atom. The predicted octanol–water partition coefficient (Wildman–Crippen LogP) is 6.07. The lowest BCUT2D eigenvalue weighted by atomic mass is 10.0. The lowest BCUT2D eigenvalue weighted by molar-refractivity contribution is -0.391. The van der Waals surface area contributed by atoms with Crippen LogP contribution < -0.4 is 4.74 Å². The van der Waals surface area contributed by atoms with Crippen LogP contribution in [0.15, 0.2) is 54.6 Å². The Hall–Kier alpha value is -2.80. The second-order valence-corrected chi connectivity index (χ2v) is 9.37. The van der Waals surface area contributed by atoms with Crippen LogP contribution in [0.3, 0.4) is 0 Å². The van der Waals surface area contributed by atoms with Gasteiger partial charge in [0.15, 0.2) is 6.61 Å². The van der Waals surface area contributed by atoms with Crippen LogP contribution in [0.4, 0.5) is 0 Å². The van der Waals surface area contributed by atoms with E-state index >= 15 is 0 Å². The molecule has 0 radical (unpaired) electrons. The van der Waals surface area contributed by atoms with Gasteiger partial charge in [0, 0.05) is 50.6 Å². The van der Waals surface area contributed by atoms with Gasteiger partial charge in [-0.2, -0.15) is 0 Å². The van der Waals surface area contributed by atoms with E-state index in [-0.39, 0.29) is 50.8 Å². The van der Waals surface area contributed by atoms with Crippen LogP contribution in [0.2, 0.25) is 0 Å². The molecule has 0 aliphatic rings. The minimum absolute atomic E-state index is 0.184. The van der Waals surface area contributed by atoms with E-state index < -0.39 is 17.7 Å². The molecule has 0 fully saturated rings. The second kappa shape index (κ2) is 42.2. The van der Waals surface area contributed by atoms with Crippen molar-refractivity contribution in [1.82, 2.24) is 0 Å². The quantitative estimate of drug-likeness (QED) is 0.0348. The minimum atomic E-state index is -1.49. The number of aliphatic hydroxyl groups is 5. The third kappa shape index (κ3) is 41.2. The Balaban J connectivity index is -0.000000314. The van der Waals surface area contributed by atoms with E-state index in [1.54, 1.807) is 53.7 Å². The van der Waals surface area contributed by atoms with Crippen LogP contribution in [0.1, 0.15) is 107 Å². The average Bonchev–Trinajstić information content (AvgIpc) is 3.00. The number of ether oxygens (including phenoxy) is 2. The van der Waals surface area contributed by atoms with Gasteiger partial charge < -0.3 is 35.0 Å². The molecule has 1 atom stereocenters. The summed E-state index contributed by atoms with van der Waals surface area (Å²) in [6, 6.07) is 8.99. The van der Waals surface area contributed by atoms with E-state index in [9.17, 15) is 9.59 Å². The summed E-state index contributed by atoms with van der Waals surface area (Å²) < 4.78 is 11.4. The first-order valence-electron chi connectivity index (χ1n) is 16.0. The van der Waals surface area contributed by atoms with Crippen LogP contribution in [-0.4, -0.2) is 82.9 Å². The first-order valence-corrected chi connectivity index (χ1v) is 16.0. The van der Waals surface area contributed by atoms with Crippen LogP contribution in [-0.2, 0) is 24.1 Å². The van der Waals surface area contributed by atoms with Crippen molar-refractivity contribution < 1.29 is 54.4 Å². The number of aliphatic hydroxyl groups excluding tert-OH is 5. The summed E-state index contributed by atoms with van der Waals surface area (Å²) in [6.45, 7) is 21.8. The topological polar surface area (TPSA) is 172 Å². The number of para-hydroxylation sites is 1. The van der Waals surface area contributed by atoms with Crippen LogP contribution in [0, 0.1) is 0 Å². The lowest BCUT2D eigenvalue weighted by Gasteiger charge is -2.31. The van der Waals surface area contributed by atoms with E-state index in [0.717, 1.165) is 25.7 Å². The van der Waals surface area contributed by atoms with Crippen molar-refractivity contribution in [3.05, 3.63) is 54.6 Å². The van der Waals surface area contributed by atoms with Crippen molar-refractivity contribution in [3.8, 4) is 5.75 Å². The summed E-state index contributed by atoms with van der Waals surface area (Å²) in [4.78, 5) is 34.4. The highest BCUT2D eigenvalue weighted by Crippen LogP contribution is 2.27. The normalized spacial score (nSPS) is 10.4. The van der Waals surface area contributed by atoms with E-state index in [4.69, 9.17) is 44.8 Å². The average molecular weight is 663 g/mol. The van der Waals surface area contributed by atoms with Crippen LogP contribution in [0.5, 0.6) is 5.75 Å². The van der Waals surface area contributed by atoms with E-state index in [2.05, 4.69) is 20.1 Å². The van der Waals surface area contributed by atoms with Gasteiger partial charge in [0.05, 0.1) is 0 Å². The minimum Gasteiger partial charge on any atom is -0.455 e. The third-order valence-corrected chi connectivity index (χ3v) is 4.60. The number of hydrogen-bond donors (Lipinski definition) is 5. The fourth-order valence-electron chi connectivity index (χ4n) is 2.77. The molecule has 1 unspecified atom stereocenters. The molecular weight excluding hydrogens is 596 g/mol. The Morgan fingerprint density at radius 2 is 1.04 bits per heavy atom. The smallest absolute Gasteiger partial charge is 0.368 e. The van der Waals surface area contributed by atoms with E-state index in [0.29, 0.717) is 12.2 Å². The number of carbonyl (C=O) groups is 2. The number of rotatable bonds is 16. The molecule has 46 heavy (non-hydrogen) atoms. The first-order chi connectivity index (χ1) is 21.9. The molecule has 0 bridgehead atoms. The molecule has 11 heteroatoms. The second-order valence-electron chi connectivity index (χ2n) is 9.37. The molecule has 1 rings (SSSR count). The zero-order valence-corrected chi connectivity index (χ0v) is 29.9. The van der Waals surface area contributed by atoms with Gasteiger partial charge in [0.25, 0.3) is 5.79 Å². The largest absolute Gasteiger partial charge is 0.455 e. The van der Waals surface area contributed by atoms with E-state index in [1.807, 2.05) is 18.2 Å². The highest BCUT2D eigenvalue weighted by Gasteiger charge is 2.39. The van der Waals surface area contributed by atoms with Crippen molar-refractivity contribution >= 4 is 11.9 Å². The fraction of sp³-hybridized carbons (Fsp3) is 0.657. The molecule has 0 saturated carbocycles. The zero-order valence-electron chi connectivity index (χ0n) is 29.9. The maximum absolute atomic E-state index is 12.0. The van der Waals surface area contributed by atoms with Crippen molar-refractivity contribution in [2.75, 3.05) is 39.6 Å². The van der Waals surface area contributed by atoms with Crippen molar-refractivity contribution in [3.63, 3.8) is 0 Å². The van der Waals surface area contributed by atoms with Gasteiger partial charge >= 0.3 is 11.9 Å². The molecule has 11 nitrogen and oxygen atoms in total. The predicted molar refractivity (Wildman–Crippen MR) is 184 cm³/mol. The van der Waals surface area contributed by atoms with E-state index in [1.165, 1.54) is 26.2 Å². The number of esters is 1. The standard InChI is InChI=1S/C25H36O6.5C2H6O/c1-6-7-8-9-10-11-15-18-25(19-28-23(26)20(2)3,31-30-24(27)21(4)5)29-22-16-13-12-14-17-22;5*1-2-3/h12-14,16-17H,2,4,6-11,15,18-19H2,1,3,5H3;5*3H,2H2,1H3. The monoisotopic (exact) mass is 662 g/mol. The molecule has 272 valence electrons. The van der Waals surface area contributed by atoms with Crippen molar-refractivity contribution in [1.29, 1.82) is 0 Å². The van der Waals surface area contributed by atoms with Gasteiger partial charge in [-0.25, -0.2) is 9.59 Å². The SMILES string of the molecule is C=C(C)C(=O)OCC(CCCCCCCCC)(OOC(=O)C(=C)C)Oc1ccccc1.CCO.CCO.CCO.CCO.CCO. The molecule has 0 aromatic heterocycles. The summed E-state index contributed by atoms with van der Waals surface area (Å²) in [7, 11) is 0.